The van der Waals surface area contributed by atoms with E-state index in [1.54, 1.807) is 12.1 Å². The van der Waals surface area contributed by atoms with Gasteiger partial charge in [0.05, 0.1) is 56.5 Å². The smallest absolute Gasteiger partial charge is 0.264 e. The van der Waals surface area contributed by atoms with Crippen LogP contribution in [0, 0.1) is 5.92 Å². The summed E-state index contributed by atoms with van der Waals surface area (Å²) in [4.78, 5) is 63.2. The SMILES string of the molecule is CCC(C)COCCOCCOCCOCCCCCC(=O)Nc1cccc2c1C(=O)N(C1CCC(=O)NC1=O)C2=O. The summed E-state index contributed by atoms with van der Waals surface area (Å²) in [7, 11) is 0. The predicted molar refractivity (Wildman–Crippen MR) is 153 cm³/mol. The molecule has 2 atom stereocenters. The Bertz CT molecular complexity index is 1090. The van der Waals surface area contributed by atoms with E-state index >= 15 is 0 Å². The van der Waals surface area contributed by atoms with Gasteiger partial charge in [0.1, 0.15) is 6.04 Å². The Balaban J connectivity index is 1.25. The fraction of sp³-hybridized carbons (Fsp3) is 0.633. The zero-order valence-corrected chi connectivity index (χ0v) is 24.6. The second kappa shape index (κ2) is 17.7. The number of piperidine rings is 1. The molecule has 1 saturated heterocycles. The summed E-state index contributed by atoms with van der Waals surface area (Å²) in [5, 5.41) is 4.90. The molecule has 1 fully saturated rings. The lowest BCUT2D eigenvalue weighted by atomic mass is 10.0. The first-order valence-electron chi connectivity index (χ1n) is 14.8. The maximum Gasteiger partial charge on any atom is 0.264 e. The Morgan fingerprint density at radius 2 is 1.60 bits per heavy atom. The predicted octanol–water partition coefficient (Wildman–Crippen LogP) is 2.70. The van der Waals surface area contributed by atoms with Gasteiger partial charge in [-0.1, -0.05) is 32.8 Å². The largest absolute Gasteiger partial charge is 0.379 e. The second-order valence-corrected chi connectivity index (χ2v) is 10.5. The normalized spacial score (nSPS) is 17.4. The number of nitrogens with zero attached hydrogens (tertiary/aromatic N) is 1. The van der Waals surface area contributed by atoms with E-state index in [4.69, 9.17) is 18.9 Å². The van der Waals surface area contributed by atoms with E-state index in [1.165, 1.54) is 6.07 Å². The Morgan fingerprint density at radius 1 is 0.929 bits per heavy atom. The van der Waals surface area contributed by atoms with Gasteiger partial charge in [0.25, 0.3) is 11.8 Å². The van der Waals surface area contributed by atoms with Gasteiger partial charge in [-0.05, 0) is 37.3 Å². The Labute approximate surface area is 246 Å². The molecule has 0 aliphatic carbocycles. The van der Waals surface area contributed by atoms with Crippen LogP contribution in [0.4, 0.5) is 5.69 Å². The van der Waals surface area contributed by atoms with Crippen LogP contribution in [0.5, 0.6) is 0 Å². The van der Waals surface area contributed by atoms with E-state index in [0.717, 1.165) is 30.8 Å². The number of ether oxygens (including phenoxy) is 4. The summed E-state index contributed by atoms with van der Waals surface area (Å²) in [5.41, 5.74) is 0.418. The average Bonchev–Trinajstić information content (AvgIpc) is 3.22. The third kappa shape index (κ3) is 9.97. The number of hydrogen-bond donors (Lipinski definition) is 2. The summed E-state index contributed by atoms with van der Waals surface area (Å²) >= 11 is 0. The number of rotatable bonds is 20. The van der Waals surface area contributed by atoms with E-state index in [2.05, 4.69) is 24.5 Å². The molecule has 5 amide bonds. The van der Waals surface area contributed by atoms with E-state index in [1.807, 2.05) is 0 Å². The zero-order valence-electron chi connectivity index (χ0n) is 24.6. The van der Waals surface area contributed by atoms with E-state index in [0.29, 0.717) is 58.6 Å². The molecular formula is C30H43N3O9. The van der Waals surface area contributed by atoms with Gasteiger partial charge in [-0.15, -0.1) is 0 Å². The van der Waals surface area contributed by atoms with E-state index in [9.17, 15) is 24.0 Å². The highest BCUT2D eigenvalue weighted by molar-refractivity contribution is 6.26. The summed E-state index contributed by atoms with van der Waals surface area (Å²) in [6.45, 7) is 8.77. The molecule has 12 heteroatoms. The number of nitrogens with one attached hydrogen (secondary N) is 2. The first-order valence-corrected chi connectivity index (χ1v) is 14.8. The summed E-state index contributed by atoms with van der Waals surface area (Å²) < 4.78 is 22.0. The molecule has 2 aliphatic rings. The van der Waals surface area contributed by atoms with Crippen LogP contribution in [-0.2, 0) is 33.3 Å². The van der Waals surface area contributed by atoms with Gasteiger partial charge < -0.3 is 24.3 Å². The van der Waals surface area contributed by atoms with Gasteiger partial charge in [0.15, 0.2) is 0 Å². The summed E-state index contributed by atoms with van der Waals surface area (Å²) in [5.74, 6) is -2.09. The summed E-state index contributed by atoms with van der Waals surface area (Å²) in [6.07, 6.45) is 3.67. The molecule has 0 radical (unpaired) electrons. The van der Waals surface area contributed by atoms with Crippen LogP contribution in [0.1, 0.15) is 79.5 Å². The molecule has 1 aromatic carbocycles. The molecule has 3 rings (SSSR count). The lowest BCUT2D eigenvalue weighted by molar-refractivity contribution is -0.136. The number of anilines is 1. The van der Waals surface area contributed by atoms with Crippen molar-refractivity contribution in [2.45, 2.75) is 64.8 Å². The number of unbranched alkanes of at least 4 members (excludes halogenated alkanes) is 2. The molecule has 0 bridgehead atoms. The van der Waals surface area contributed by atoms with Crippen molar-refractivity contribution in [3.05, 3.63) is 29.3 Å². The van der Waals surface area contributed by atoms with Crippen molar-refractivity contribution in [1.29, 1.82) is 0 Å². The van der Waals surface area contributed by atoms with Crippen LogP contribution in [-0.4, -0.2) is 93.3 Å². The molecular weight excluding hydrogens is 546 g/mol. The number of imide groups is 2. The quantitative estimate of drug-likeness (QED) is 0.173. The fourth-order valence-corrected chi connectivity index (χ4v) is 4.56. The average molecular weight is 590 g/mol. The number of hydrogen-bond acceptors (Lipinski definition) is 9. The molecule has 2 unspecified atom stereocenters. The Kier molecular flexibility index (Phi) is 14.0. The zero-order chi connectivity index (χ0) is 30.3. The topological polar surface area (TPSA) is 150 Å². The minimum atomic E-state index is -1.06. The third-order valence-corrected chi connectivity index (χ3v) is 7.15. The fourth-order valence-electron chi connectivity index (χ4n) is 4.56. The van der Waals surface area contributed by atoms with Crippen molar-refractivity contribution in [2.24, 2.45) is 5.92 Å². The molecule has 12 nitrogen and oxygen atoms in total. The van der Waals surface area contributed by atoms with Gasteiger partial charge in [-0.3, -0.25) is 34.2 Å². The maximum absolute atomic E-state index is 13.1. The van der Waals surface area contributed by atoms with Gasteiger partial charge in [-0.2, -0.15) is 0 Å². The van der Waals surface area contributed by atoms with Crippen LogP contribution in [0.15, 0.2) is 18.2 Å². The number of fused-ring (bicyclic) bond motifs is 1. The molecule has 1 aromatic rings. The van der Waals surface area contributed by atoms with Crippen LogP contribution >= 0.6 is 0 Å². The van der Waals surface area contributed by atoms with Crippen LogP contribution in [0.2, 0.25) is 0 Å². The number of carbonyl (C=O) groups is 5. The molecule has 0 spiro atoms. The van der Waals surface area contributed by atoms with Gasteiger partial charge in [0, 0.05) is 26.1 Å². The first-order chi connectivity index (χ1) is 20.3. The molecule has 2 aliphatic heterocycles. The van der Waals surface area contributed by atoms with Crippen LogP contribution in [0.3, 0.4) is 0 Å². The highest BCUT2D eigenvalue weighted by Gasteiger charge is 2.45. The molecule has 0 aromatic heterocycles. The molecule has 2 N–H and O–H groups in total. The molecule has 2 heterocycles. The number of benzene rings is 1. The lowest BCUT2D eigenvalue weighted by Crippen LogP contribution is -2.54. The van der Waals surface area contributed by atoms with Crippen LogP contribution in [0.25, 0.3) is 0 Å². The lowest BCUT2D eigenvalue weighted by Gasteiger charge is -2.27. The number of carbonyl (C=O) groups excluding carboxylic acids is 5. The monoisotopic (exact) mass is 589 g/mol. The highest BCUT2D eigenvalue weighted by atomic mass is 16.6. The minimum Gasteiger partial charge on any atom is -0.379 e. The minimum absolute atomic E-state index is 0.0388. The molecule has 0 saturated carbocycles. The van der Waals surface area contributed by atoms with E-state index in [-0.39, 0.29) is 42.0 Å². The van der Waals surface area contributed by atoms with Gasteiger partial charge in [0.2, 0.25) is 17.7 Å². The standard InChI is InChI=1S/C30H43N3O9/c1-3-21(2)20-42-19-18-41-17-16-40-15-14-39-13-6-4-5-10-25(34)31-23-9-7-8-22-27(23)30(38)33(29(22)37)24-11-12-26(35)32-28(24)36/h7-9,21,24H,3-6,10-20H2,1-2H3,(H,31,34)(H,32,35,36). The Hall–Kier alpha value is -3.19. The highest BCUT2D eigenvalue weighted by Crippen LogP contribution is 2.32. The van der Waals surface area contributed by atoms with E-state index < -0.39 is 29.7 Å². The van der Waals surface area contributed by atoms with Crippen molar-refractivity contribution in [2.75, 3.05) is 58.2 Å². The van der Waals surface area contributed by atoms with Crippen molar-refractivity contribution in [3.8, 4) is 0 Å². The van der Waals surface area contributed by atoms with Crippen molar-refractivity contribution in [1.82, 2.24) is 10.2 Å². The number of amides is 5. The third-order valence-electron chi connectivity index (χ3n) is 7.15. The summed E-state index contributed by atoms with van der Waals surface area (Å²) in [6, 6.07) is 3.56. The van der Waals surface area contributed by atoms with Crippen molar-refractivity contribution < 1.29 is 42.9 Å². The van der Waals surface area contributed by atoms with Crippen molar-refractivity contribution in [3.63, 3.8) is 0 Å². The van der Waals surface area contributed by atoms with Crippen molar-refractivity contribution >= 4 is 35.2 Å². The van der Waals surface area contributed by atoms with Gasteiger partial charge >= 0.3 is 0 Å². The van der Waals surface area contributed by atoms with Gasteiger partial charge in [-0.25, -0.2) is 0 Å². The van der Waals surface area contributed by atoms with Crippen LogP contribution < -0.4 is 10.6 Å². The second-order valence-electron chi connectivity index (χ2n) is 10.5. The molecule has 42 heavy (non-hydrogen) atoms. The Morgan fingerprint density at radius 3 is 2.26 bits per heavy atom. The maximum atomic E-state index is 13.1. The first kappa shape index (κ1) is 33.3. The molecule has 232 valence electrons.